The molecule has 0 heterocycles. The van der Waals surface area contributed by atoms with Crippen LogP contribution in [0.3, 0.4) is 0 Å². The second-order valence-electron chi connectivity index (χ2n) is 5.05. The second kappa shape index (κ2) is 11.8. The number of hydrogen-bond acceptors (Lipinski definition) is 2. The summed E-state index contributed by atoms with van der Waals surface area (Å²) in [6.45, 7) is 0. The summed E-state index contributed by atoms with van der Waals surface area (Å²) in [4.78, 5) is 11.6. The SMILES string of the molecule is O=C(O)CCCCCCCCCCSc1[c]cccc1. The molecule has 0 atom stereocenters. The highest BCUT2D eigenvalue weighted by Gasteiger charge is 1.97. The molecule has 0 bridgehead atoms. The fourth-order valence-electron chi connectivity index (χ4n) is 2.09. The molecule has 0 saturated heterocycles. The average molecular weight is 293 g/mol. The number of unbranched alkanes of at least 4 members (excludes halogenated alkanes) is 7. The van der Waals surface area contributed by atoms with Gasteiger partial charge in [0, 0.05) is 11.3 Å². The van der Waals surface area contributed by atoms with Gasteiger partial charge in [-0.25, -0.2) is 0 Å². The fourth-order valence-corrected chi connectivity index (χ4v) is 2.98. The van der Waals surface area contributed by atoms with E-state index in [1.165, 1.54) is 49.2 Å². The minimum absolute atomic E-state index is 0.327. The van der Waals surface area contributed by atoms with Crippen LogP contribution in [-0.2, 0) is 4.79 Å². The Hall–Kier alpha value is -0.960. The predicted molar refractivity (Wildman–Crippen MR) is 85.2 cm³/mol. The van der Waals surface area contributed by atoms with E-state index in [1.54, 1.807) is 0 Å². The Morgan fingerprint density at radius 3 is 2.25 bits per heavy atom. The minimum Gasteiger partial charge on any atom is -0.481 e. The van der Waals surface area contributed by atoms with Crippen molar-refractivity contribution in [1.82, 2.24) is 0 Å². The summed E-state index contributed by atoms with van der Waals surface area (Å²) in [5, 5.41) is 8.51. The fraction of sp³-hybridized carbons (Fsp3) is 0.588. The Labute approximate surface area is 127 Å². The van der Waals surface area contributed by atoms with Gasteiger partial charge in [-0.3, -0.25) is 4.79 Å². The minimum atomic E-state index is -0.668. The van der Waals surface area contributed by atoms with E-state index >= 15 is 0 Å². The second-order valence-corrected chi connectivity index (χ2v) is 6.18. The molecule has 0 aliphatic heterocycles. The molecule has 0 aliphatic carbocycles. The quantitative estimate of drug-likeness (QED) is 0.426. The maximum atomic E-state index is 10.3. The van der Waals surface area contributed by atoms with Crippen molar-refractivity contribution in [3.05, 3.63) is 30.3 Å². The monoisotopic (exact) mass is 293 g/mol. The number of carboxylic acid groups (broad SMARTS) is 1. The van der Waals surface area contributed by atoms with E-state index in [0.717, 1.165) is 12.8 Å². The van der Waals surface area contributed by atoms with Gasteiger partial charge in [0.05, 0.1) is 0 Å². The van der Waals surface area contributed by atoms with Crippen molar-refractivity contribution >= 4 is 17.7 Å². The molecule has 0 fully saturated rings. The van der Waals surface area contributed by atoms with Crippen molar-refractivity contribution in [3.8, 4) is 0 Å². The number of benzene rings is 1. The van der Waals surface area contributed by atoms with Gasteiger partial charge < -0.3 is 5.11 Å². The van der Waals surface area contributed by atoms with Crippen LogP contribution in [0.4, 0.5) is 0 Å². The van der Waals surface area contributed by atoms with Gasteiger partial charge in [0.1, 0.15) is 0 Å². The van der Waals surface area contributed by atoms with Gasteiger partial charge in [0.2, 0.25) is 0 Å². The Balaban J connectivity index is 1.80. The summed E-state index contributed by atoms with van der Waals surface area (Å²) < 4.78 is 0. The molecule has 111 valence electrons. The number of thioether (sulfide) groups is 1. The van der Waals surface area contributed by atoms with E-state index in [2.05, 4.69) is 18.2 Å². The molecule has 0 saturated carbocycles. The molecule has 3 heteroatoms. The smallest absolute Gasteiger partial charge is 0.303 e. The number of carboxylic acids is 1. The molecule has 0 unspecified atom stereocenters. The molecule has 1 aromatic rings. The van der Waals surface area contributed by atoms with Crippen molar-refractivity contribution in [2.45, 2.75) is 62.7 Å². The highest BCUT2D eigenvalue weighted by atomic mass is 32.2. The number of aliphatic carboxylic acids is 1. The Morgan fingerprint density at radius 2 is 1.65 bits per heavy atom. The Bertz CT molecular complexity index is 351. The van der Waals surface area contributed by atoms with Gasteiger partial charge in [-0.05, 0) is 30.7 Å². The summed E-state index contributed by atoms with van der Waals surface area (Å²) >= 11 is 1.89. The van der Waals surface area contributed by atoms with Gasteiger partial charge in [0.25, 0.3) is 0 Å². The third-order valence-electron chi connectivity index (χ3n) is 3.22. The van der Waals surface area contributed by atoms with Crippen molar-refractivity contribution in [2.75, 3.05) is 5.75 Å². The van der Waals surface area contributed by atoms with Crippen LogP contribution in [-0.4, -0.2) is 16.8 Å². The number of hydrogen-bond donors (Lipinski definition) is 1. The van der Waals surface area contributed by atoms with Crippen molar-refractivity contribution in [1.29, 1.82) is 0 Å². The maximum Gasteiger partial charge on any atom is 0.303 e. The lowest BCUT2D eigenvalue weighted by atomic mass is 10.1. The largest absolute Gasteiger partial charge is 0.481 e. The first-order valence-electron chi connectivity index (χ1n) is 7.60. The topological polar surface area (TPSA) is 37.3 Å². The molecule has 0 amide bonds. The van der Waals surface area contributed by atoms with E-state index in [-0.39, 0.29) is 0 Å². The van der Waals surface area contributed by atoms with E-state index in [0.29, 0.717) is 6.42 Å². The molecule has 1 N–H and O–H groups in total. The van der Waals surface area contributed by atoms with Gasteiger partial charge >= 0.3 is 5.97 Å². The molecular formula is C17H25O2S. The molecule has 0 aromatic heterocycles. The van der Waals surface area contributed by atoms with Crippen molar-refractivity contribution < 1.29 is 9.90 Å². The third kappa shape index (κ3) is 9.90. The molecule has 0 aliphatic rings. The van der Waals surface area contributed by atoms with E-state index in [4.69, 9.17) is 5.11 Å². The maximum absolute atomic E-state index is 10.3. The van der Waals surface area contributed by atoms with Crippen LogP contribution in [0.15, 0.2) is 29.2 Å². The summed E-state index contributed by atoms with van der Waals surface area (Å²) in [6.07, 6.45) is 9.81. The standard InChI is InChI=1S/C17H25O2S/c18-17(19)14-10-5-3-1-2-4-6-11-15-20-16-12-8-7-9-13-16/h7-9,12H,1-6,10-11,14-15H2,(H,18,19). The normalized spacial score (nSPS) is 10.6. The zero-order valence-corrected chi connectivity index (χ0v) is 13.0. The summed E-state index contributed by atoms with van der Waals surface area (Å²) in [7, 11) is 0. The van der Waals surface area contributed by atoms with Gasteiger partial charge in [-0.15, -0.1) is 11.8 Å². The first-order valence-corrected chi connectivity index (χ1v) is 8.59. The van der Waals surface area contributed by atoms with Gasteiger partial charge in [-0.1, -0.05) is 56.7 Å². The van der Waals surface area contributed by atoms with Crippen LogP contribution in [0.2, 0.25) is 0 Å². The van der Waals surface area contributed by atoms with Crippen molar-refractivity contribution in [3.63, 3.8) is 0 Å². The first kappa shape index (κ1) is 17.1. The number of carbonyl (C=O) groups is 1. The molecule has 0 spiro atoms. The van der Waals surface area contributed by atoms with Crippen LogP contribution < -0.4 is 0 Å². The number of rotatable bonds is 12. The molecule has 20 heavy (non-hydrogen) atoms. The predicted octanol–water partition coefficient (Wildman–Crippen LogP) is 5.17. The molecule has 1 radical (unpaired) electrons. The van der Waals surface area contributed by atoms with E-state index < -0.39 is 5.97 Å². The van der Waals surface area contributed by atoms with Crippen LogP contribution >= 0.6 is 11.8 Å². The van der Waals surface area contributed by atoms with Crippen LogP contribution in [0.5, 0.6) is 0 Å². The lowest BCUT2D eigenvalue weighted by molar-refractivity contribution is -0.137. The Kier molecular flexibility index (Phi) is 10.1. The molecular weight excluding hydrogens is 268 g/mol. The van der Waals surface area contributed by atoms with Crippen LogP contribution in [0, 0.1) is 6.07 Å². The first-order chi connectivity index (χ1) is 9.79. The lowest BCUT2D eigenvalue weighted by Crippen LogP contribution is -1.93. The van der Waals surface area contributed by atoms with Crippen LogP contribution in [0.1, 0.15) is 57.8 Å². The zero-order chi connectivity index (χ0) is 14.5. The summed E-state index contributed by atoms with van der Waals surface area (Å²) in [5.74, 6) is 0.511. The lowest BCUT2D eigenvalue weighted by Gasteiger charge is -2.02. The molecule has 1 rings (SSSR count). The Morgan fingerprint density at radius 1 is 1.00 bits per heavy atom. The van der Waals surface area contributed by atoms with Gasteiger partial charge in [-0.2, -0.15) is 0 Å². The van der Waals surface area contributed by atoms with E-state index in [9.17, 15) is 4.79 Å². The average Bonchev–Trinajstić information content (AvgIpc) is 2.45. The summed E-state index contributed by atoms with van der Waals surface area (Å²) in [6, 6.07) is 11.4. The summed E-state index contributed by atoms with van der Waals surface area (Å²) in [5.41, 5.74) is 0. The van der Waals surface area contributed by atoms with Crippen LogP contribution in [0.25, 0.3) is 0 Å². The van der Waals surface area contributed by atoms with Crippen molar-refractivity contribution in [2.24, 2.45) is 0 Å². The zero-order valence-electron chi connectivity index (χ0n) is 12.1. The van der Waals surface area contributed by atoms with Gasteiger partial charge in [0.15, 0.2) is 0 Å². The molecule has 2 nitrogen and oxygen atoms in total. The third-order valence-corrected chi connectivity index (χ3v) is 4.28. The highest BCUT2D eigenvalue weighted by Crippen LogP contribution is 2.19. The highest BCUT2D eigenvalue weighted by molar-refractivity contribution is 7.99. The van der Waals surface area contributed by atoms with E-state index in [1.807, 2.05) is 23.9 Å². The molecule has 1 aromatic carbocycles.